The summed E-state index contributed by atoms with van der Waals surface area (Å²) in [6.45, 7) is 2.80. The molecular weight excluding hydrogens is 150 g/mol. The number of thioether (sulfide) groups is 1. The van der Waals surface area contributed by atoms with E-state index in [1.54, 1.807) is 11.6 Å². The van der Waals surface area contributed by atoms with Gasteiger partial charge in [0.15, 0.2) is 6.54 Å². The van der Waals surface area contributed by atoms with E-state index in [1.807, 2.05) is 6.92 Å². The molecule has 0 aliphatic carbocycles. The van der Waals surface area contributed by atoms with E-state index in [4.69, 9.17) is 0 Å². The van der Waals surface area contributed by atoms with Gasteiger partial charge in [0.2, 0.25) is 0 Å². The van der Waals surface area contributed by atoms with Gasteiger partial charge in [-0.3, -0.25) is 0 Å². The number of carbonyl (C=O) groups is 1. The van der Waals surface area contributed by atoms with E-state index in [-0.39, 0.29) is 0 Å². The van der Waals surface area contributed by atoms with Gasteiger partial charge in [0.25, 0.3) is 5.04 Å². The highest BCUT2D eigenvalue weighted by Crippen LogP contribution is 2.18. The van der Waals surface area contributed by atoms with Crippen molar-refractivity contribution < 1.29 is 14.5 Å². The molecule has 1 rings (SSSR count). The Kier molecular flexibility index (Phi) is 1.99. The zero-order chi connectivity index (χ0) is 7.72. The minimum atomic E-state index is -1.06. The third-order valence-corrected chi connectivity index (χ3v) is 2.62. The molecule has 0 N–H and O–H groups in total. The van der Waals surface area contributed by atoms with Crippen molar-refractivity contribution in [2.24, 2.45) is 0 Å². The Balaban J connectivity index is 2.76. The van der Waals surface area contributed by atoms with E-state index < -0.39 is 5.97 Å². The van der Waals surface area contributed by atoms with Crippen molar-refractivity contribution in [1.29, 1.82) is 0 Å². The Morgan fingerprint density at radius 1 is 1.90 bits per heavy atom. The SMILES string of the molecule is CC1C[N+](C)=C(C(=O)[O-])S1. The summed E-state index contributed by atoms with van der Waals surface area (Å²) in [4.78, 5) is 10.3. The minimum absolute atomic E-state index is 0.354. The fraction of sp³-hybridized carbons (Fsp3) is 0.667. The van der Waals surface area contributed by atoms with Crippen LogP contribution in [0, 0.1) is 0 Å². The molecule has 0 fully saturated rings. The predicted molar refractivity (Wildman–Crippen MR) is 38.1 cm³/mol. The van der Waals surface area contributed by atoms with Crippen LogP contribution < -0.4 is 5.11 Å². The van der Waals surface area contributed by atoms with Gasteiger partial charge in [0.1, 0.15) is 13.0 Å². The molecule has 1 aliphatic rings. The Bertz CT molecular complexity index is 200. The minimum Gasteiger partial charge on any atom is -0.539 e. The van der Waals surface area contributed by atoms with Gasteiger partial charge in [-0.05, 0) is 18.7 Å². The summed E-state index contributed by atoms with van der Waals surface area (Å²) in [5, 5.41) is 11.1. The van der Waals surface area contributed by atoms with Crippen LogP contribution in [0.1, 0.15) is 6.92 Å². The van der Waals surface area contributed by atoms with E-state index in [9.17, 15) is 9.90 Å². The van der Waals surface area contributed by atoms with E-state index in [0.29, 0.717) is 10.3 Å². The first-order valence-corrected chi connectivity index (χ1v) is 3.95. The van der Waals surface area contributed by atoms with Crippen molar-refractivity contribution in [1.82, 2.24) is 0 Å². The van der Waals surface area contributed by atoms with Crippen molar-refractivity contribution in [2.45, 2.75) is 12.2 Å². The topological polar surface area (TPSA) is 43.1 Å². The molecule has 0 aromatic heterocycles. The number of rotatable bonds is 1. The lowest BCUT2D eigenvalue weighted by atomic mass is 10.5. The largest absolute Gasteiger partial charge is 0.539 e. The predicted octanol–water partition coefficient (Wildman–Crippen LogP) is -1.09. The van der Waals surface area contributed by atoms with Gasteiger partial charge >= 0.3 is 0 Å². The second kappa shape index (κ2) is 2.62. The average molecular weight is 159 g/mol. The highest BCUT2D eigenvalue weighted by Gasteiger charge is 2.26. The lowest BCUT2D eigenvalue weighted by Crippen LogP contribution is -2.32. The maximum absolute atomic E-state index is 10.3. The van der Waals surface area contributed by atoms with Gasteiger partial charge in [-0.2, -0.15) is 0 Å². The fourth-order valence-electron chi connectivity index (χ4n) is 0.990. The van der Waals surface area contributed by atoms with Crippen LogP contribution >= 0.6 is 11.8 Å². The lowest BCUT2D eigenvalue weighted by Gasteiger charge is -1.94. The summed E-state index contributed by atoms with van der Waals surface area (Å²) in [6, 6.07) is 0. The average Bonchev–Trinajstić information content (AvgIpc) is 2.10. The molecule has 0 bridgehead atoms. The number of carboxylic acids is 1. The van der Waals surface area contributed by atoms with Crippen LogP contribution in [0.25, 0.3) is 0 Å². The first-order chi connectivity index (χ1) is 4.61. The maximum Gasteiger partial charge on any atom is 0.258 e. The molecule has 1 aliphatic heterocycles. The Labute approximate surface area is 63.7 Å². The molecule has 0 saturated heterocycles. The highest BCUT2D eigenvalue weighted by atomic mass is 32.2. The molecule has 1 unspecified atom stereocenters. The number of hydrogen-bond donors (Lipinski definition) is 0. The summed E-state index contributed by atoms with van der Waals surface area (Å²) in [7, 11) is 1.77. The van der Waals surface area contributed by atoms with Gasteiger partial charge in [-0.15, -0.1) is 0 Å². The molecule has 3 nitrogen and oxygen atoms in total. The molecule has 0 radical (unpaired) electrons. The van der Waals surface area contributed by atoms with Crippen molar-refractivity contribution in [3.05, 3.63) is 0 Å². The van der Waals surface area contributed by atoms with E-state index in [0.717, 1.165) is 6.54 Å². The van der Waals surface area contributed by atoms with Crippen LogP contribution in [0.2, 0.25) is 0 Å². The molecule has 0 aromatic rings. The monoisotopic (exact) mass is 159 g/mol. The van der Waals surface area contributed by atoms with E-state index in [1.165, 1.54) is 11.8 Å². The first kappa shape index (κ1) is 7.60. The summed E-state index contributed by atoms with van der Waals surface area (Å²) in [5.74, 6) is -1.06. The second-order valence-corrected chi connectivity index (χ2v) is 3.83. The number of carboxylic acid groups (broad SMARTS) is 1. The summed E-state index contributed by atoms with van der Waals surface area (Å²) in [6.07, 6.45) is 0. The number of nitrogens with zero attached hydrogens (tertiary/aromatic N) is 1. The maximum atomic E-state index is 10.3. The third kappa shape index (κ3) is 1.31. The molecule has 10 heavy (non-hydrogen) atoms. The van der Waals surface area contributed by atoms with Crippen molar-refractivity contribution in [3.63, 3.8) is 0 Å². The van der Waals surface area contributed by atoms with Gasteiger partial charge < -0.3 is 9.90 Å². The van der Waals surface area contributed by atoms with Crippen molar-refractivity contribution in [2.75, 3.05) is 13.6 Å². The summed E-state index contributed by atoms with van der Waals surface area (Å²) >= 11 is 1.36. The van der Waals surface area contributed by atoms with Gasteiger partial charge in [-0.25, -0.2) is 4.58 Å². The van der Waals surface area contributed by atoms with Crippen molar-refractivity contribution in [3.8, 4) is 0 Å². The molecule has 1 atom stereocenters. The van der Waals surface area contributed by atoms with Crippen LogP contribution in [-0.4, -0.2) is 34.4 Å². The Morgan fingerprint density at radius 2 is 2.50 bits per heavy atom. The van der Waals surface area contributed by atoms with Crippen LogP contribution in [0.15, 0.2) is 0 Å². The van der Waals surface area contributed by atoms with Crippen LogP contribution in [0.3, 0.4) is 0 Å². The highest BCUT2D eigenvalue weighted by molar-refractivity contribution is 8.16. The number of carbonyl (C=O) groups excluding carboxylic acids is 1. The number of aliphatic carboxylic acids is 1. The van der Waals surface area contributed by atoms with Crippen LogP contribution in [0.4, 0.5) is 0 Å². The normalized spacial score (nSPS) is 25.6. The van der Waals surface area contributed by atoms with E-state index >= 15 is 0 Å². The smallest absolute Gasteiger partial charge is 0.258 e. The molecule has 0 amide bonds. The fourth-order valence-corrected chi connectivity index (χ4v) is 2.02. The van der Waals surface area contributed by atoms with Gasteiger partial charge in [-0.1, -0.05) is 0 Å². The van der Waals surface area contributed by atoms with Crippen molar-refractivity contribution >= 4 is 22.8 Å². The molecule has 4 heteroatoms. The first-order valence-electron chi connectivity index (χ1n) is 3.07. The quantitative estimate of drug-likeness (QED) is 0.457. The van der Waals surface area contributed by atoms with Gasteiger partial charge in [0.05, 0.1) is 5.25 Å². The molecule has 0 spiro atoms. The van der Waals surface area contributed by atoms with Crippen LogP contribution in [0.5, 0.6) is 0 Å². The molecular formula is C6H9NO2S. The summed E-state index contributed by atoms with van der Waals surface area (Å²) < 4.78 is 1.71. The molecule has 0 saturated carbocycles. The molecule has 0 aromatic carbocycles. The third-order valence-electron chi connectivity index (χ3n) is 1.37. The summed E-state index contributed by atoms with van der Waals surface area (Å²) in [5.41, 5.74) is 0. The zero-order valence-corrected chi connectivity index (χ0v) is 6.77. The van der Waals surface area contributed by atoms with Crippen LogP contribution in [-0.2, 0) is 4.79 Å². The Morgan fingerprint density at radius 3 is 2.70 bits per heavy atom. The van der Waals surface area contributed by atoms with E-state index in [2.05, 4.69) is 0 Å². The van der Waals surface area contributed by atoms with Gasteiger partial charge in [0, 0.05) is 0 Å². The second-order valence-electron chi connectivity index (χ2n) is 2.40. The standard InChI is InChI=1S/C6H9NO2S/c1-4-3-7(2)5(10-4)6(8)9/h4H,3H2,1-2H3. The molecule has 1 heterocycles. The zero-order valence-electron chi connectivity index (χ0n) is 5.96. The molecule has 56 valence electrons. The number of hydrogen-bond acceptors (Lipinski definition) is 3. The lowest BCUT2D eigenvalue weighted by molar-refractivity contribution is -0.491. The Hall–Kier alpha value is -0.510.